The average molecular weight is 205 g/mol. The van der Waals surface area contributed by atoms with E-state index >= 15 is 0 Å². The molecule has 0 amide bonds. The molecule has 0 aliphatic carbocycles. The predicted molar refractivity (Wildman–Crippen MR) is 56.0 cm³/mol. The van der Waals surface area contributed by atoms with Gasteiger partial charge in [-0.15, -0.1) is 0 Å². The number of hydrogen-bond donors (Lipinski definition) is 0. The number of benzene rings is 1. The van der Waals surface area contributed by atoms with Gasteiger partial charge < -0.3 is 4.42 Å². The van der Waals surface area contributed by atoms with Gasteiger partial charge >= 0.3 is 5.76 Å². The third-order valence-electron chi connectivity index (χ3n) is 2.20. The number of oxazole rings is 1. The molecule has 4 nitrogen and oxygen atoms in total. The summed E-state index contributed by atoms with van der Waals surface area (Å²) in [5.74, 6) is -0.817. The zero-order chi connectivity index (χ0) is 10.8. The lowest BCUT2D eigenvalue weighted by molar-refractivity contribution is 0.0898. The molecular weight excluding hydrogens is 194 g/mol. The molecule has 0 bridgehead atoms. The molecule has 1 aromatic carbocycles. The van der Waals surface area contributed by atoms with Gasteiger partial charge in [-0.05, 0) is 18.6 Å². The van der Waals surface area contributed by atoms with Crippen LogP contribution >= 0.6 is 0 Å². The van der Waals surface area contributed by atoms with Crippen LogP contribution in [0.1, 0.15) is 24.6 Å². The maximum Gasteiger partial charge on any atom is 0.426 e. The van der Waals surface area contributed by atoms with Crippen molar-refractivity contribution in [2.75, 3.05) is 0 Å². The van der Waals surface area contributed by atoms with Crippen molar-refractivity contribution in [2.24, 2.45) is 0 Å². The molecule has 0 saturated heterocycles. The molecule has 78 valence electrons. The van der Waals surface area contributed by atoms with E-state index in [2.05, 4.69) is 0 Å². The average Bonchev–Trinajstić information content (AvgIpc) is 2.54. The topological polar surface area (TPSA) is 52.2 Å². The predicted octanol–water partition coefficient (Wildman–Crippen LogP) is 2.03. The van der Waals surface area contributed by atoms with Crippen LogP contribution in [0.4, 0.5) is 0 Å². The van der Waals surface area contributed by atoms with Gasteiger partial charge in [-0.25, -0.2) is 9.36 Å². The standard InChI is InChI=1S/C11H11NO3/c1-2-5-10(13)12-8-6-3-4-7-9(8)15-11(12)14/h3-4,6-7H,2,5H2,1H3. The zero-order valence-corrected chi connectivity index (χ0v) is 8.40. The van der Waals surface area contributed by atoms with E-state index in [0.717, 1.165) is 4.57 Å². The molecule has 4 heteroatoms. The minimum atomic E-state index is -0.602. The smallest absolute Gasteiger partial charge is 0.407 e. The maximum atomic E-state index is 11.6. The van der Waals surface area contributed by atoms with E-state index in [1.54, 1.807) is 24.3 Å². The van der Waals surface area contributed by atoms with Crippen molar-refractivity contribution in [3.05, 3.63) is 34.8 Å². The van der Waals surface area contributed by atoms with Crippen molar-refractivity contribution in [3.63, 3.8) is 0 Å². The van der Waals surface area contributed by atoms with Crippen molar-refractivity contribution < 1.29 is 9.21 Å². The zero-order valence-electron chi connectivity index (χ0n) is 8.40. The SMILES string of the molecule is CCCC(=O)n1c(=O)oc2ccccc21. The summed E-state index contributed by atoms with van der Waals surface area (Å²) in [7, 11) is 0. The first kappa shape index (κ1) is 9.71. The normalized spacial score (nSPS) is 10.7. The fourth-order valence-corrected chi connectivity index (χ4v) is 1.53. The van der Waals surface area contributed by atoms with Crippen LogP contribution < -0.4 is 5.76 Å². The number of aromatic nitrogens is 1. The quantitative estimate of drug-likeness (QED) is 0.753. The number of fused-ring (bicyclic) bond motifs is 1. The number of nitrogens with zero attached hydrogens (tertiary/aromatic N) is 1. The van der Waals surface area contributed by atoms with Crippen LogP contribution in [-0.2, 0) is 0 Å². The van der Waals surface area contributed by atoms with E-state index < -0.39 is 5.76 Å². The second kappa shape index (κ2) is 3.73. The molecule has 0 N–H and O–H groups in total. The molecule has 2 aromatic rings. The highest BCUT2D eigenvalue weighted by atomic mass is 16.4. The van der Waals surface area contributed by atoms with Crippen molar-refractivity contribution in [1.29, 1.82) is 0 Å². The van der Waals surface area contributed by atoms with E-state index in [1.165, 1.54) is 0 Å². The van der Waals surface area contributed by atoms with Crippen molar-refractivity contribution in [1.82, 2.24) is 4.57 Å². The van der Waals surface area contributed by atoms with Gasteiger partial charge in [0.25, 0.3) is 0 Å². The summed E-state index contributed by atoms with van der Waals surface area (Å²) in [5, 5.41) is 0. The molecule has 0 fully saturated rings. The van der Waals surface area contributed by atoms with Crippen molar-refractivity contribution in [2.45, 2.75) is 19.8 Å². The molecule has 0 spiro atoms. The van der Waals surface area contributed by atoms with Crippen LogP contribution in [0.25, 0.3) is 11.1 Å². The minimum absolute atomic E-state index is 0.215. The first-order valence-electron chi connectivity index (χ1n) is 4.88. The highest BCUT2D eigenvalue weighted by Gasteiger charge is 2.13. The highest BCUT2D eigenvalue weighted by molar-refractivity contribution is 5.88. The Balaban J connectivity index is 2.64. The van der Waals surface area contributed by atoms with Gasteiger partial charge in [-0.3, -0.25) is 4.79 Å². The Bertz CT molecular complexity index is 550. The van der Waals surface area contributed by atoms with Gasteiger partial charge in [0.05, 0.1) is 5.52 Å². The van der Waals surface area contributed by atoms with Crippen LogP contribution in [0.5, 0.6) is 0 Å². The van der Waals surface area contributed by atoms with Crippen LogP contribution in [-0.4, -0.2) is 10.5 Å². The fraction of sp³-hybridized carbons (Fsp3) is 0.273. The summed E-state index contributed by atoms with van der Waals surface area (Å²) in [5.41, 5.74) is 0.993. The first-order chi connectivity index (χ1) is 7.24. The first-order valence-corrected chi connectivity index (χ1v) is 4.88. The molecule has 0 saturated carbocycles. The van der Waals surface area contributed by atoms with Gasteiger partial charge in [0.2, 0.25) is 5.91 Å². The summed E-state index contributed by atoms with van der Waals surface area (Å²) in [6.07, 6.45) is 1.06. The second-order valence-corrected chi connectivity index (χ2v) is 3.31. The lowest BCUT2D eigenvalue weighted by Gasteiger charge is -1.97. The Morgan fingerprint density at radius 2 is 2.13 bits per heavy atom. The molecule has 2 rings (SSSR count). The summed E-state index contributed by atoms with van der Waals surface area (Å²) in [4.78, 5) is 23.1. The van der Waals surface area contributed by atoms with E-state index in [0.29, 0.717) is 23.9 Å². The Kier molecular flexibility index (Phi) is 2.41. The summed E-state index contributed by atoms with van der Waals surface area (Å²) in [6, 6.07) is 6.91. The molecule has 1 heterocycles. The van der Waals surface area contributed by atoms with E-state index in [-0.39, 0.29) is 5.91 Å². The van der Waals surface area contributed by atoms with Gasteiger partial charge in [0.1, 0.15) is 0 Å². The summed E-state index contributed by atoms with van der Waals surface area (Å²) in [6.45, 7) is 1.89. The Hall–Kier alpha value is -1.84. The molecule has 0 unspecified atom stereocenters. The molecular formula is C11H11NO3. The monoisotopic (exact) mass is 205 g/mol. The number of carbonyl (C=O) groups excluding carboxylic acids is 1. The van der Waals surface area contributed by atoms with Crippen LogP contribution in [0.2, 0.25) is 0 Å². The van der Waals surface area contributed by atoms with Crippen molar-refractivity contribution in [3.8, 4) is 0 Å². The third-order valence-corrected chi connectivity index (χ3v) is 2.20. The number of rotatable bonds is 2. The van der Waals surface area contributed by atoms with Crippen molar-refractivity contribution >= 4 is 17.0 Å². The summed E-state index contributed by atoms with van der Waals surface area (Å²) >= 11 is 0. The Morgan fingerprint density at radius 1 is 1.40 bits per heavy atom. The number of hydrogen-bond acceptors (Lipinski definition) is 3. The number of para-hydroxylation sites is 2. The molecule has 15 heavy (non-hydrogen) atoms. The second-order valence-electron chi connectivity index (χ2n) is 3.31. The van der Waals surface area contributed by atoms with Gasteiger partial charge in [0, 0.05) is 6.42 Å². The lowest BCUT2D eigenvalue weighted by atomic mass is 10.3. The van der Waals surface area contributed by atoms with E-state index in [9.17, 15) is 9.59 Å². The highest BCUT2D eigenvalue weighted by Crippen LogP contribution is 2.12. The molecule has 0 radical (unpaired) electrons. The molecule has 1 aromatic heterocycles. The molecule has 0 aliphatic rings. The largest absolute Gasteiger partial charge is 0.426 e. The minimum Gasteiger partial charge on any atom is -0.407 e. The molecule has 0 atom stereocenters. The van der Waals surface area contributed by atoms with Gasteiger partial charge in [0.15, 0.2) is 5.58 Å². The van der Waals surface area contributed by atoms with Gasteiger partial charge in [-0.1, -0.05) is 19.1 Å². The Labute approximate surface area is 86.1 Å². The third kappa shape index (κ3) is 1.58. The van der Waals surface area contributed by atoms with Crippen LogP contribution in [0.15, 0.2) is 33.5 Å². The van der Waals surface area contributed by atoms with Crippen LogP contribution in [0, 0.1) is 0 Å². The lowest BCUT2D eigenvalue weighted by Crippen LogP contribution is -2.21. The maximum absolute atomic E-state index is 11.6. The van der Waals surface area contributed by atoms with E-state index in [1.807, 2.05) is 6.92 Å². The van der Waals surface area contributed by atoms with Crippen LogP contribution in [0.3, 0.4) is 0 Å². The Morgan fingerprint density at radius 3 is 2.87 bits per heavy atom. The van der Waals surface area contributed by atoms with E-state index in [4.69, 9.17) is 4.42 Å². The summed E-state index contributed by atoms with van der Waals surface area (Å²) < 4.78 is 6.05. The molecule has 0 aliphatic heterocycles. The van der Waals surface area contributed by atoms with Gasteiger partial charge in [-0.2, -0.15) is 0 Å². The number of carbonyl (C=O) groups is 1. The fourth-order valence-electron chi connectivity index (χ4n) is 1.53.